The Morgan fingerprint density at radius 2 is 1.83 bits per heavy atom. The topological polar surface area (TPSA) is 40.6 Å². The van der Waals surface area contributed by atoms with Gasteiger partial charge in [0.15, 0.2) is 0 Å². The molecular weight excluding hydrogens is 300 g/mol. The fraction of sp³-hybridized carbons (Fsp3) is 0.600. The minimum absolute atomic E-state index is 0.00392. The van der Waals surface area contributed by atoms with E-state index in [2.05, 4.69) is 31.2 Å². The molecule has 0 unspecified atom stereocenters. The molecule has 0 N–H and O–H groups in total. The van der Waals surface area contributed by atoms with Gasteiger partial charge in [-0.05, 0) is 37.2 Å². The SMILES string of the molecule is CCCCN(CC(=O)N1CCC(Cc2ccccc2)CC1)C(C)=O. The second-order valence-corrected chi connectivity index (χ2v) is 6.81. The minimum atomic E-state index is -0.00392. The predicted molar refractivity (Wildman–Crippen MR) is 96.6 cm³/mol. The first-order chi connectivity index (χ1) is 11.6. The van der Waals surface area contributed by atoms with Crippen molar-refractivity contribution >= 4 is 11.8 Å². The number of amides is 2. The molecule has 2 rings (SSSR count). The second kappa shape index (κ2) is 9.45. The van der Waals surface area contributed by atoms with Crippen molar-refractivity contribution in [3.63, 3.8) is 0 Å². The van der Waals surface area contributed by atoms with Crippen LogP contribution in [0, 0.1) is 5.92 Å². The molecule has 1 aromatic rings. The summed E-state index contributed by atoms with van der Waals surface area (Å²) in [5.41, 5.74) is 1.38. The van der Waals surface area contributed by atoms with E-state index in [4.69, 9.17) is 0 Å². The lowest BCUT2D eigenvalue weighted by Crippen LogP contribution is -2.45. The Morgan fingerprint density at radius 1 is 1.17 bits per heavy atom. The summed E-state index contributed by atoms with van der Waals surface area (Å²) in [6.07, 6.45) is 5.18. The van der Waals surface area contributed by atoms with Crippen molar-refractivity contribution in [3.8, 4) is 0 Å². The third-order valence-electron chi connectivity index (χ3n) is 4.89. The van der Waals surface area contributed by atoms with E-state index >= 15 is 0 Å². The van der Waals surface area contributed by atoms with E-state index < -0.39 is 0 Å². The number of nitrogens with zero attached hydrogens (tertiary/aromatic N) is 2. The Bertz CT molecular complexity index is 522. The molecule has 1 saturated heterocycles. The molecule has 0 bridgehead atoms. The largest absolute Gasteiger partial charge is 0.341 e. The zero-order valence-corrected chi connectivity index (χ0v) is 15.0. The van der Waals surface area contributed by atoms with Crippen LogP contribution in [0.25, 0.3) is 0 Å². The second-order valence-electron chi connectivity index (χ2n) is 6.81. The number of carbonyl (C=O) groups excluding carboxylic acids is 2. The first-order valence-corrected chi connectivity index (χ1v) is 9.17. The highest BCUT2D eigenvalue weighted by atomic mass is 16.2. The lowest BCUT2D eigenvalue weighted by Gasteiger charge is -2.33. The molecule has 0 aliphatic carbocycles. The van der Waals surface area contributed by atoms with Gasteiger partial charge in [-0.25, -0.2) is 0 Å². The van der Waals surface area contributed by atoms with Gasteiger partial charge < -0.3 is 9.80 Å². The summed E-state index contributed by atoms with van der Waals surface area (Å²) in [5, 5.41) is 0. The summed E-state index contributed by atoms with van der Waals surface area (Å²) in [4.78, 5) is 27.8. The average Bonchev–Trinajstić information content (AvgIpc) is 2.59. The molecular formula is C20H30N2O2. The summed E-state index contributed by atoms with van der Waals surface area (Å²) in [5.74, 6) is 0.746. The average molecular weight is 330 g/mol. The Labute approximate surface area is 145 Å². The number of piperidine rings is 1. The zero-order chi connectivity index (χ0) is 17.4. The Hall–Kier alpha value is -1.84. The van der Waals surface area contributed by atoms with Crippen LogP contribution in [0.4, 0.5) is 0 Å². The minimum Gasteiger partial charge on any atom is -0.341 e. The highest BCUT2D eigenvalue weighted by molar-refractivity contribution is 5.83. The van der Waals surface area contributed by atoms with Gasteiger partial charge in [-0.3, -0.25) is 9.59 Å². The van der Waals surface area contributed by atoms with E-state index in [9.17, 15) is 9.59 Å². The number of benzene rings is 1. The van der Waals surface area contributed by atoms with Crippen molar-refractivity contribution in [2.24, 2.45) is 5.92 Å². The number of rotatable bonds is 7. The molecule has 0 saturated carbocycles. The van der Waals surface area contributed by atoms with Crippen molar-refractivity contribution in [3.05, 3.63) is 35.9 Å². The number of unbranched alkanes of at least 4 members (excludes halogenated alkanes) is 1. The number of hydrogen-bond donors (Lipinski definition) is 0. The van der Waals surface area contributed by atoms with E-state index in [-0.39, 0.29) is 18.4 Å². The quantitative estimate of drug-likeness (QED) is 0.771. The van der Waals surface area contributed by atoms with Crippen molar-refractivity contribution in [2.75, 3.05) is 26.2 Å². The van der Waals surface area contributed by atoms with Crippen molar-refractivity contribution in [2.45, 2.75) is 46.0 Å². The lowest BCUT2D eigenvalue weighted by atomic mass is 9.90. The van der Waals surface area contributed by atoms with E-state index in [0.29, 0.717) is 12.5 Å². The van der Waals surface area contributed by atoms with Crippen LogP contribution >= 0.6 is 0 Å². The summed E-state index contributed by atoms with van der Waals surface area (Å²) in [7, 11) is 0. The van der Waals surface area contributed by atoms with Crippen molar-refractivity contribution < 1.29 is 9.59 Å². The summed E-state index contributed by atoms with van der Waals surface area (Å²) in [6.45, 7) is 6.19. The molecule has 0 atom stereocenters. The standard InChI is InChI=1S/C20H30N2O2/c1-3-4-12-22(17(2)23)16-20(24)21-13-10-19(11-14-21)15-18-8-6-5-7-9-18/h5-9,19H,3-4,10-16H2,1-2H3. The number of hydrogen-bond acceptors (Lipinski definition) is 2. The molecule has 1 aliphatic rings. The van der Waals surface area contributed by atoms with E-state index in [0.717, 1.165) is 45.2 Å². The van der Waals surface area contributed by atoms with Gasteiger partial charge >= 0.3 is 0 Å². The predicted octanol–water partition coefficient (Wildman–Crippen LogP) is 3.12. The molecule has 24 heavy (non-hydrogen) atoms. The summed E-state index contributed by atoms with van der Waals surface area (Å²) < 4.78 is 0. The van der Waals surface area contributed by atoms with Gasteiger partial charge in [0.2, 0.25) is 11.8 Å². The van der Waals surface area contributed by atoms with Crippen LogP contribution in [-0.2, 0) is 16.0 Å². The van der Waals surface area contributed by atoms with E-state index in [1.165, 1.54) is 5.56 Å². The van der Waals surface area contributed by atoms with Gasteiger partial charge in [0.05, 0.1) is 6.54 Å². The van der Waals surface area contributed by atoms with Crippen LogP contribution in [0.5, 0.6) is 0 Å². The third kappa shape index (κ3) is 5.66. The van der Waals surface area contributed by atoms with Crippen LogP contribution in [0.15, 0.2) is 30.3 Å². The summed E-state index contributed by atoms with van der Waals surface area (Å²) in [6, 6.07) is 10.6. The maximum atomic E-state index is 12.5. The molecule has 1 aromatic carbocycles. The molecule has 4 heteroatoms. The van der Waals surface area contributed by atoms with Crippen LogP contribution in [0.2, 0.25) is 0 Å². The molecule has 1 aliphatic heterocycles. The van der Waals surface area contributed by atoms with Gasteiger partial charge in [0, 0.05) is 26.6 Å². The zero-order valence-electron chi connectivity index (χ0n) is 15.0. The number of likely N-dealkylation sites (tertiary alicyclic amines) is 1. The first-order valence-electron chi connectivity index (χ1n) is 9.17. The van der Waals surface area contributed by atoms with Crippen molar-refractivity contribution in [1.82, 2.24) is 9.80 Å². The van der Waals surface area contributed by atoms with Crippen LogP contribution in [0.1, 0.15) is 45.1 Å². The van der Waals surface area contributed by atoms with E-state index in [1.54, 1.807) is 11.8 Å². The molecule has 2 amide bonds. The maximum absolute atomic E-state index is 12.5. The summed E-state index contributed by atoms with van der Waals surface area (Å²) >= 11 is 0. The van der Waals surface area contributed by atoms with Gasteiger partial charge in [-0.2, -0.15) is 0 Å². The third-order valence-corrected chi connectivity index (χ3v) is 4.89. The highest BCUT2D eigenvalue weighted by Crippen LogP contribution is 2.21. The molecule has 0 spiro atoms. The highest BCUT2D eigenvalue weighted by Gasteiger charge is 2.24. The van der Waals surface area contributed by atoms with Crippen LogP contribution < -0.4 is 0 Å². The first kappa shape index (κ1) is 18.5. The fourth-order valence-corrected chi connectivity index (χ4v) is 3.29. The molecule has 0 radical (unpaired) electrons. The molecule has 4 nitrogen and oxygen atoms in total. The monoisotopic (exact) mass is 330 g/mol. The van der Waals surface area contributed by atoms with E-state index in [1.807, 2.05) is 11.0 Å². The molecule has 1 heterocycles. The van der Waals surface area contributed by atoms with Crippen molar-refractivity contribution in [1.29, 1.82) is 0 Å². The molecule has 132 valence electrons. The van der Waals surface area contributed by atoms with Gasteiger partial charge in [0.1, 0.15) is 0 Å². The normalized spacial score (nSPS) is 15.3. The maximum Gasteiger partial charge on any atom is 0.242 e. The van der Waals surface area contributed by atoms with Gasteiger partial charge in [0.25, 0.3) is 0 Å². The number of carbonyl (C=O) groups is 2. The Balaban J connectivity index is 1.78. The molecule has 1 fully saturated rings. The van der Waals surface area contributed by atoms with Crippen LogP contribution in [0.3, 0.4) is 0 Å². The fourth-order valence-electron chi connectivity index (χ4n) is 3.29. The van der Waals surface area contributed by atoms with Crippen LogP contribution in [-0.4, -0.2) is 47.8 Å². The Kier molecular flexibility index (Phi) is 7.29. The van der Waals surface area contributed by atoms with Gasteiger partial charge in [-0.1, -0.05) is 43.7 Å². The smallest absolute Gasteiger partial charge is 0.242 e. The Morgan fingerprint density at radius 3 is 2.42 bits per heavy atom. The lowest BCUT2D eigenvalue weighted by molar-refractivity contribution is -0.140. The molecule has 0 aromatic heterocycles. The van der Waals surface area contributed by atoms with Gasteiger partial charge in [-0.15, -0.1) is 0 Å².